The largest absolute Gasteiger partial charge is 0.349 e. The van der Waals surface area contributed by atoms with Crippen molar-refractivity contribution in [3.63, 3.8) is 0 Å². The Bertz CT molecular complexity index is 396. The maximum atomic E-state index is 12.1. The van der Waals surface area contributed by atoms with Crippen molar-refractivity contribution in [1.29, 1.82) is 0 Å². The minimum atomic E-state index is 0.0852. The number of alkyl halides is 1. The first kappa shape index (κ1) is 13.8. The van der Waals surface area contributed by atoms with E-state index in [2.05, 4.69) is 43.8 Å². The van der Waals surface area contributed by atoms with E-state index in [0.29, 0.717) is 12.0 Å². The molecule has 94 valence electrons. The minimum Gasteiger partial charge on any atom is -0.349 e. The zero-order valence-corrected chi connectivity index (χ0v) is 14.0. The van der Waals surface area contributed by atoms with Crippen LogP contribution in [0.25, 0.3) is 0 Å². The van der Waals surface area contributed by atoms with Crippen LogP contribution in [0.3, 0.4) is 0 Å². The molecule has 1 fully saturated rings. The van der Waals surface area contributed by atoms with Crippen LogP contribution in [0.4, 0.5) is 0 Å². The van der Waals surface area contributed by atoms with Gasteiger partial charge in [0.05, 0.1) is 8.45 Å². The molecule has 1 aliphatic carbocycles. The molecule has 17 heavy (non-hydrogen) atoms. The predicted molar refractivity (Wildman–Crippen MR) is 84.0 cm³/mol. The van der Waals surface area contributed by atoms with E-state index in [4.69, 9.17) is 0 Å². The lowest BCUT2D eigenvalue weighted by Crippen LogP contribution is -2.42. The molecule has 0 spiro atoms. The Balaban J connectivity index is 1.97. The number of carbonyl (C=O) groups is 1. The summed E-state index contributed by atoms with van der Waals surface area (Å²) < 4.78 is 1.16. The third kappa shape index (κ3) is 3.67. The highest BCUT2D eigenvalue weighted by molar-refractivity contribution is 14.1. The number of thiophene rings is 1. The third-order valence-corrected chi connectivity index (χ3v) is 5.87. The van der Waals surface area contributed by atoms with Gasteiger partial charge in [0.15, 0.2) is 0 Å². The maximum absolute atomic E-state index is 12.1. The Labute approximate surface area is 128 Å². The molecule has 0 radical (unpaired) electrons. The van der Waals surface area contributed by atoms with Crippen LogP contribution in [-0.2, 0) is 0 Å². The van der Waals surface area contributed by atoms with Crippen LogP contribution in [0.5, 0.6) is 0 Å². The highest BCUT2D eigenvalue weighted by Gasteiger charge is 2.25. The molecule has 2 rings (SSSR count). The summed E-state index contributed by atoms with van der Waals surface area (Å²) in [6.07, 6.45) is 4.86. The third-order valence-electron chi connectivity index (χ3n) is 3.25. The molecule has 0 aromatic carbocycles. The van der Waals surface area contributed by atoms with Gasteiger partial charge in [-0.1, -0.05) is 28.8 Å². The van der Waals surface area contributed by atoms with Gasteiger partial charge >= 0.3 is 0 Å². The van der Waals surface area contributed by atoms with Crippen LogP contribution in [0.2, 0.25) is 0 Å². The zero-order valence-electron chi connectivity index (χ0n) is 9.42. The maximum Gasteiger partial charge on any atom is 0.252 e. The minimum absolute atomic E-state index is 0.0852. The molecular formula is C12H15BrINOS. The standard InChI is InChI=1S/C12H15BrINOS/c13-6-8-3-1-2-4-10(8)15-12(16)9-5-11(14)17-7-9/h5,7-8,10H,1-4,6H2,(H,15,16). The molecule has 0 bridgehead atoms. The average molecular weight is 428 g/mol. The molecule has 1 amide bonds. The number of hydrogen-bond acceptors (Lipinski definition) is 2. The van der Waals surface area contributed by atoms with Crippen molar-refractivity contribution >= 4 is 55.8 Å². The van der Waals surface area contributed by atoms with Crippen LogP contribution in [-0.4, -0.2) is 17.3 Å². The van der Waals surface area contributed by atoms with Crippen molar-refractivity contribution in [2.24, 2.45) is 5.92 Å². The van der Waals surface area contributed by atoms with Gasteiger partial charge in [-0.25, -0.2) is 0 Å². The van der Waals surface area contributed by atoms with E-state index in [1.165, 1.54) is 19.3 Å². The lowest BCUT2D eigenvalue weighted by Gasteiger charge is -2.30. The fraction of sp³-hybridized carbons (Fsp3) is 0.583. The van der Waals surface area contributed by atoms with Gasteiger partial charge < -0.3 is 5.32 Å². The zero-order chi connectivity index (χ0) is 12.3. The summed E-state index contributed by atoms with van der Waals surface area (Å²) in [4.78, 5) is 12.1. The van der Waals surface area contributed by atoms with Crippen molar-refractivity contribution in [2.75, 3.05) is 5.33 Å². The van der Waals surface area contributed by atoms with Gasteiger partial charge in [0.1, 0.15) is 0 Å². The van der Waals surface area contributed by atoms with E-state index in [0.717, 1.165) is 20.2 Å². The van der Waals surface area contributed by atoms with Gasteiger partial charge in [-0.05, 0) is 47.4 Å². The second kappa shape index (κ2) is 6.52. The second-order valence-electron chi connectivity index (χ2n) is 4.42. The van der Waals surface area contributed by atoms with E-state index >= 15 is 0 Å². The molecule has 1 saturated carbocycles. The van der Waals surface area contributed by atoms with E-state index in [1.807, 2.05) is 11.4 Å². The number of hydrogen-bond donors (Lipinski definition) is 1. The Morgan fingerprint density at radius 2 is 2.29 bits per heavy atom. The Morgan fingerprint density at radius 1 is 1.53 bits per heavy atom. The van der Waals surface area contributed by atoms with Crippen molar-refractivity contribution < 1.29 is 4.79 Å². The number of rotatable bonds is 3. The van der Waals surface area contributed by atoms with E-state index in [-0.39, 0.29) is 5.91 Å². The van der Waals surface area contributed by atoms with Crippen LogP contribution < -0.4 is 5.32 Å². The number of nitrogens with one attached hydrogen (secondary N) is 1. The van der Waals surface area contributed by atoms with Gasteiger partial charge in [0.2, 0.25) is 0 Å². The van der Waals surface area contributed by atoms with Gasteiger partial charge in [-0.2, -0.15) is 0 Å². The second-order valence-corrected chi connectivity index (χ2v) is 7.87. The number of carbonyl (C=O) groups excluding carboxylic acids is 1. The quantitative estimate of drug-likeness (QED) is 0.572. The van der Waals surface area contributed by atoms with Crippen molar-refractivity contribution in [2.45, 2.75) is 31.7 Å². The molecule has 1 aliphatic rings. The molecule has 1 heterocycles. The Kier molecular flexibility index (Phi) is 5.29. The fourth-order valence-electron chi connectivity index (χ4n) is 2.26. The van der Waals surface area contributed by atoms with Crippen LogP contribution in [0.1, 0.15) is 36.0 Å². The van der Waals surface area contributed by atoms with Crippen LogP contribution in [0, 0.1) is 8.80 Å². The first-order valence-electron chi connectivity index (χ1n) is 5.81. The summed E-state index contributed by atoms with van der Waals surface area (Å²) in [6.45, 7) is 0. The van der Waals surface area contributed by atoms with E-state index in [9.17, 15) is 4.79 Å². The summed E-state index contributed by atoms with van der Waals surface area (Å²) in [5.74, 6) is 0.674. The van der Waals surface area contributed by atoms with E-state index < -0.39 is 0 Å². The first-order valence-corrected chi connectivity index (χ1v) is 8.89. The van der Waals surface area contributed by atoms with Gasteiger partial charge in [0, 0.05) is 16.8 Å². The summed E-state index contributed by atoms with van der Waals surface area (Å²) in [5, 5.41) is 6.10. The lowest BCUT2D eigenvalue weighted by atomic mass is 9.86. The Morgan fingerprint density at radius 3 is 2.94 bits per heavy atom. The summed E-state index contributed by atoms with van der Waals surface area (Å²) in [7, 11) is 0. The summed E-state index contributed by atoms with van der Waals surface area (Å²) in [5.41, 5.74) is 0.804. The SMILES string of the molecule is O=C(NC1CCCCC1CBr)c1csc(I)c1. The number of amides is 1. The monoisotopic (exact) mass is 427 g/mol. The predicted octanol–water partition coefficient (Wildman–Crippen LogP) is 4.04. The van der Waals surface area contributed by atoms with Crippen molar-refractivity contribution in [3.8, 4) is 0 Å². The van der Waals surface area contributed by atoms with Crippen LogP contribution >= 0.6 is 49.9 Å². The smallest absolute Gasteiger partial charge is 0.252 e. The topological polar surface area (TPSA) is 29.1 Å². The van der Waals surface area contributed by atoms with Gasteiger partial charge in [-0.3, -0.25) is 4.79 Å². The van der Waals surface area contributed by atoms with Crippen molar-refractivity contribution in [3.05, 3.63) is 19.9 Å². The van der Waals surface area contributed by atoms with E-state index in [1.54, 1.807) is 11.3 Å². The molecule has 2 nitrogen and oxygen atoms in total. The molecule has 0 saturated heterocycles. The molecule has 1 aromatic rings. The molecule has 5 heteroatoms. The van der Waals surface area contributed by atoms with Crippen LogP contribution in [0.15, 0.2) is 11.4 Å². The van der Waals surface area contributed by atoms with Gasteiger partial charge in [-0.15, -0.1) is 11.3 Å². The Hall–Kier alpha value is 0.380. The molecular weight excluding hydrogens is 413 g/mol. The highest BCUT2D eigenvalue weighted by Crippen LogP contribution is 2.26. The van der Waals surface area contributed by atoms with Crippen molar-refractivity contribution in [1.82, 2.24) is 5.32 Å². The molecule has 1 N–H and O–H groups in total. The molecule has 2 atom stereocenters. The molecule has 0 aliphatic heterocycles. The normalized spacial score (nSPS) is 24.6. The molecule has 1 aromatic heterocycles. The first-order chi connectivity index (χ1) is 8.20. The highest BCUT2D eigenvalue weighted by atomic mass is 127. The van der Waals surface area contributed by atoms with Gasteiger partial charge in [0.25, 0.3) is 5.91 Å². The fourth-order valence-corrected chi connectivity index (χ4v) is 4.36. The summed E-state index contributed by atoms with van der Waals surface area (Å²) in [6, 6.07) is 2.29. The average Bonchev–Trinajstić information content (AvgIpc) is 2.77. The number of halogens is 2. The lowest BCUT2D eigenvalue weighted by molar-refractivity contribution is 0.0912. The summed E-state index contributed by atoms with van der Waals surface area (Å²) >= 11 is 7.42. The molecule has 2 unspecified atom stereocenters.